The lowest BCUT2D eigenvalue weighted by molar-refractivity contribution is 0.275. The molecule has 22 heavy (non-hydrogen) atoms. The molecule has 0 fully saturated rings. The summed E-state index contributed by atoms with van der Waals surface area (Å²) in [4.78, 5) is 14.1. The average molecular weight is 358 g/mol. The lowest BCUT2D eigenvalue weighted by atomic mass is 10.1. The first kappa shape index (κ1) is 13.4. The lowest BCUT2D eigenvalue weighted by Gasteiger charge is -2.30. The first-order valence-corrected chi connectivity index (χ1v) is 7.70. The Hall–Kier alpha value is -2.27. The summed E-state index contributed by atoms with van der Waals surface area (Å²) in [6.45, 7) is 0.945. The summed E-state index contributed by atoms with van der Waals surface area (Å²) < 4.78 is 12.0. The number of rotatable bonds is 1. The van der Waals surface area contributed by atoms with E-state index in [0.29, 0.717) is 24.6 Å². The van der Waals surface area contributed by atoms with E-state index in [0.717, 1.165) is 21.1 Å². The second kappa shape index (κ2) is 5.18. The molecule has 0 saturated carbocycles. The van der Waals surface area contributed by atoms with Gasteiger partial charge in [-0.1, -0.05) is 34.1 Å². The molecular weight excluding hydrogens is 346 g/mol. The van der Waals surface area contributed by atoms with Gasteiger partial charge in [-0.15, -0.1) is 0 Å². The van der Waals surface area contributed by atoms with Crippen molar-refractivity contribution in [3.05, 3.63) is 69.0 Å². The van der Waals surface area contributed by atoms with Crippen molar-refractivity contribution in [2.75, 3.05) is 11.6 Å². The molecule has 2 aromatic carbocycles. The smallest absolute Gasteiger partial charge is 0.379 e. The summed E-state index contributed by atoms with van der Waals surface area (Å²) >= 11 is 3.43. The average Bonchev–Trinajstić information content (AvgIpc) is 2.55. The van der Waals surface area contributed by atoms with Crippen molar-refractivity contribution in [1.29, 1.82) is 0 Å². The van der Waals surface area contributed by atoms with Gasteiger partial charge in [0.15, 0.2) is 6.73 Å². The minimum Gasteiger partial charge on any atom is -0.465 e. The van der Waals surface area contributed by atoms with E-state index >= 15 is 0 Å². The highest BCUT2D eigenvalue weighted by Gasteiger charge is 2.24. The fourth-order valence-electron chi connectivity index (χ4n) is 2.70. The highest BCUT2D eigenvalue weighted by molar-refractivity contribution is 9.10. The SMILES string of the molecule is O=c1oc2ccccc2c2c1OCN(c1ccc(Br)cc1)C2. The fourth-order valence-corrected chi connectivity index (χ4v) is 2.96. The predicted molar refractivity (Wildman–Crippen MR) is 88.3 cm³/mol. The lowest BCUT2D eigenvalue weighted by Crippen LogP contribution is -2.34. The van der Waals surface area contributed by atoms with Crippen LogP contribution in [-0.2, 0) is 6.54 Å². The van der Waals surface area contributed by atoms with Crippen LogP contribution in [0, 0.1) is 0 Å². The number of halogens is 1. The van der Waals surface area contributed by atoms with Crippen LogP contribution in [0.5, 0.6) is 5.75 Å². The van der Waals surface area contributed by atoms with Crippen LogP contribution >= 0.6 is 15.9 Å². The molecule has 0 atom stereocenters. The minimum absolute atomic E-state index is 0.326. The highest BCUT2D eigenvalue weighted by Crippen LogP contribution is 2.31. The first-order valence-electron chi connectivity index (χ1n) is 6.90. The van der Waals surface area contributed by atoms with Crippen molar-refractivity contribution in [3.63, 3.8) is 0 Å². The number of anilines is 1. The van der Waals surface area contributed by atoms with Gasteiger partial charge in [0.2, 0.25) is 5.75 Å². The Morgan fingerprint density at radius 1 is 1.05 bits per heavy atom. The van der Waals surface area contributed by atoms with Crippen LogP contribution in [-0.4, -0.2) is 6.73 Å². The summed E-state index contributed by atoms with van der Waals surface area (Å²) in [5.41, 5.74) is 2.10. The summed E-state index contributed by atoms with van der Waals surface area (Å²) in [7, 11) is 0. The van der Waals surface area contributed by atoms with Gasteiger partial charge in [0.1, 0.15) is 5.58 Å². The van der Waals surface area contributed by atoms with Gasteiger partial charge in [-0.25, -0.2) is 4.79 Å². The van der Waals surface area contributed by atoms with E-state index in [1.54, 1.807) is 6.07 Å². The maximum atomic E-state index is 12.0. The monoisotopic (exact) mass is 357 g/mol. The largest absolute Gasteiger partial charge is 0.465 e. The van der Waals surface area contributed by atoms with Crippen LogP contribution in [0.4, 0.5) is 5.69 Å². The Kier molecular flexibility index (Phi) is 3.15. The predicted octanol–water partition coefficient (Wildman–Crippen LogP) is 3.91. The molecule has 1 aliphatic heterocycles. The molecular formula is C17H12BrNO3. The van der Waals surface area contributed by atoms with E-state index in [-0.39, 0.29) is 0 Å². The summed E-state index contributed by atoms with van der Waals surface area (Å²) in [6, 6.07) is 15.6. The molecule has 4 rings (SSSR count). The molecule has 1 aliphatic rings. The van der Waals surface area contributed by atoms with E-state index < -0.39 is 5.63 Å². The molecule has 0 N–H and O–H groups in total. The number of ether oxygens (including phenoxy) is 1. The molecule has 3 aromatic rings. The molecule has 4 nitrogen and oxygen atoms in total. The Balaban J connectivity index is 1.82. The molecule has 0 aliphatic carbocycles. The van der Waals surface area contributed by atoms with Crippen LogP contribution in [0.2, 0.25) is 0 Å². The quantitative estimate of drug-likeness (QED) is 0.619. The van der Waals surface area contributed by atoms with E-state index in [1.165, 1.54) is 0 Å². The number of nitrogens with zero attached hydrogens (tertiary/aromatic N) is 1. The second-order valence-electron chi connectivity index (χ2n) is 5.14. The Morgan fingerprint density at radius 2 is 1.82 bits per heavy atom. The van der Waals surface area contributed by atoms with Gasteiger partial charge in [0.25, 0.3) is 0 Å². The zero-order valence-corrected chi connectivity index (χ0v) is 13.2. The van der Waals surface area contributed by atoms with Gasteiger partial charge in [0, 0.05) is 21.1 Å². The summed E-state index contributed by atoms with van der Waals surface area (Å²) in [5, 5.41) is 0.916. The molecule has 2 heterocycles. The molecule has 0 saturated heterocycles. The summed E-state index contributed by atoms with van der Waals surface area (Å²) in [5.74, 6) is 0.326. The highest BCUT2D eigenvalue weighted by atomic mass is 79.9. The molecule has 0 spiro atoms. The van der Waals surface area contributed by atoms with Crippen molar-refractivity contribution in [2.45, 2.75) is 6.54 Å². The van der Waals surface area contributed by atoms with Gasteiger partial charge < -0.3 is 14.1 Å². The molecule has 1 aromatic heterocycles. The molecule has 110 valence electrons. The number of hydrogen-bond donors (Lipinski definition) is 0. The van der Waals surface area contributed by atoms with Gasteiger partial charge in [-0.3, -0.25) is 0 Å². The van der Waals surface area contributed by atoms with Crippen molar-refractivity contribution in [3.8, 4) is 5.75 Å². The number of hydrogen-bond acceptors (Lipinski definition) is 4. The van der Waals surface area contributed by atoms with E-state index in [9.17, 15) is 4.79 Å². The Labute approximate surface area is 135 Å². The van der Waals surface area contributed by atoms with Gasteiger partial charge >= 0.3 is 5.63 Å². The third-order valence-corrected chi connectivity index (χ3v) is 4.31. The van der Waals surface area contributed by atoms with Crippen LogP contribution in [0.1, 0.15) is 5.56 Å². The van der Waals surface area contributed by atoms with Crippen LogP contribution < -0.4 is 15.3 Å². The van der Waals surface area contributed by atoms with Gasteiger partial charge in [0.05, 0.1) is 6.54 Å². The maximum absolute atomic E-state index is 12.0. The van der Waals surface area contributed by atoms with Crippen molar-refractivity contribution in [2.24, 2.45) is 0 Å². The fraction of sp³-hybridized carbons (Fsp3) is 0.118. The van der Waals surface area contributed by atoms with E-state index in [1.807, 2.05) is 42.5 Å². The Bertz CT molecular complexity index is 902. The third-order valence-electron chi connectivity index (χ3n) is 3.78. The van der Waals surface area contributed by atoms with Crippen LogP contribution in [0.15, 0.2) is 62.2 Å². The zero-order valence-electron chi connectivity index (χ0n) is 11.6. The molecule has 0 unspecified atom stereocenters. The van der Waals surface area contributed by atoms with Crippen LogP contribution in [0.3, 0.4) is 0 Å². The van der Waals surface area contributed by atoms with E-state index in [2.05, 4.69) is 20.8 Å². The third kappa shape index (κ3) is 2.18. The van der Waals surface area contributed by atoms with E-state index in [4.69, 9.17) is 9.15 Å². The van der Waals surface area contributed by atoms with Crippen molar-refractivity contribution < 1.29 is 9.15 Å². The van der Waals surface area contributed by atoms with Gasteiger partial charge in [-0.2, -0.15) is 0 Å². The van der Waals surface area contributed by atoms with Gasteiger partial charge in [-0.05, 0) is 30.3 Å². The van der Waals surface area contributed by atoms with Crippen molar-refractivity contribution >= 4 is 32.6 Å². The number of benzene rings is 2. The zero-order chi connectivity index (χ0) is 15.1. The Morgan fingerprint density at radius 3 is 2.64 bits per heavy atom. The molecule has 0 radical (unpaired) electrons. The minimum atomic E-state index is -0.413. The standard InChI is InChI=1S/C17H12BrNO3/c18-11-5-7-12(8-6-11)19-9-14-13-3-1-2-4-15(13)22-17(20)16(14)21-10-19/h1-8H,9-10H2. The first-order chi connectivity index (χ1) is 10.7. The molecule has 0 amide bonds. The number of fused-ring (bicyclic) bond motifs is 3. The maximum Gasteiger partial charge on any atom is 0.379 e. The number of para-hydroxylation sites is 1. The van der Waals surface area contributed by atoms with Crippen LogP contribution in [0.25, 0.3) is 11.0 Å². The topological polar surface area (TPSA) is 42.7 Å². The normalized spacial score (nSPS) is 13.8. The molecule has 5 heteroatoms. The summed E-state index contributed by atoms with van der Waals surface area (Å²) in [6.07, 6.45) is 0. The molecule has 0 bridgehead atoms. The second-order valence-corrected chi connectivity index (χ2v) is 6.06. The van der Waals surface area contributed by atoms with Crippen molar-refractivity contribution in [1.82, 2.24) is 0 Å².